The minimum atomic E-state index is -0.271. The zero-order chi connectivity index (χ0) is 18.9. The number of hydrogen-bond donors (Lipinski definition) is 2. The first-order valence-electron chi connectivity index (χ1n) is 8.69. The van der Waals surface area contributed by atoms with Gasteiger partial charge in [-0.25, -0.2) is 4.39 Å². The number of rotatable bonds is 7. The number of nitrogens with one attached hydrogen (secondary N) is 2. The van der Waals surface area contributed by atoms with Gasteiger partial charge >= 0.3 is 0 Å². The van der Waals surface area contributed by atoms with Gasteiger partial charge in [-0.1, -0.05) is 54.6 Å². The molecule has 0 fully saturated rings. The summed E-state index contributed by atoms with van der Waals surface area (Å²) in [6, 6.07) is 24.4. The number of ether oxygens (including phenoxy) is 1. The summed E-state index contributed by atoms with van der Waals surface area (Å²) >= 11 is 5.26. The third kappa shape index (κ3) is 6.47. The predicted molar refractivity (Wildman–Crippen MR) is 111 cm³/mol. The molecule has 0 aromatic heterocycles. The molecule has 3 aromatic rings. The largest absolute Gasteiger partial charge is 0.372 e. The molecule has 3 rings (SSSR count). The van der Waals surface area contributed by atoms with Crippen molar-refractivity contribution < 1.29 is 9.13 Å². The summed E-state index contributed by atoms with van der Waals surface area (Å²) in [5, 5.41) is 6.67. The molecule has 0 amide bonds. The van der Waals surface area contributed by atoms with Crippen molar-refractivity contribution in [3.05, 3.63) is 101 Å². The third-order valence-corrected chi connectivity index (χ3v) is 4.20. The van der Waals surface area contributed by atoms with E-state index in [1.165, 1.54) is 17.7 Å². The summed E-state index contributed by atoms with van der Waals surface area (Å²) in [6.45, 7) is 1.79. The summed E-state index contributed by atoms with van der Waals surface area (Å²) in [5.74, 6) is -0.271. The molecular formula is C22H21FN2OS. The molecule has 0 saturated carbocycles. The minimum absolute atomic E-state index is 0.271. The van der Waals surface area contributed by atoms with Crippen LogP contribution in [0.15, 0.2) is 78.9 Å². The molecule has 0 unspecified atom stereocenters. The molecule has 0 bridgehead atoms. The van der Waals surface area contributed by atoms with Crippen LogP contribution in [-0.4, -0.2) is 5.11 Å². The molecule has 138 valence electrons. The van der Waals surface area contributed by atoms with Crippen LogP contribution in [0.1, 0.15) is 16.7 Å². The van der Waals surface area contributed by atoms with Crippen LogP contribution in [0.3, 0.4) is 0 Å². The SMILES string of the molecule is Fc1ccc(NC(=S)NCc2ccc(COCc3ccccc3)cc2)cc1. The van der Waals surface area contributed by atoms with Crippen LogP contribution < -0.4 is 10.6 Å². The fourth-order valence-electron chi connectivity index (χ4n) is 2.51. The van der Waals surface area contributed by atoms with Crippen LogP contribution >= 0.6 is 12.2 Å². The van der Waals surface area contributed by atoms with Gasteiger partial charge in [-0.05, 0) is 53.2 Å². The predicted octanol–water partition coefficient (Wildman–Crippen LogP) is 5.03. The molecule has 0 aliphatic carbocycles. The molecule has 0 aliphatic rings. The molecule has 3 nitrogen and oxygen atoms in total. The summed E-state index contributed by atoms with van der Waals surface area (Å²) in [4.78, 5) is 0. The Kier molecular flexibility index (Phi) is 6.90. The molecule has 0 spiro atoms. The lowest BCUT2D eigenvalue weighted by molar-refractivity contribution is 0.107. The molecular weight excluding hydrogens is 359 g/mol. The lowest BCUT2D eigenvalue weighted by Crippen LogP contribution is -2.27. The highest BCUT2D eigenvalue weighted by atomic mass is 32.1. The number of thiocarbonyl (C=S) groups is 1. The van der Waals surface area contributed by atoms with Gasteiger partial charge < -0.3 is 15.4 Å². The van der Waals surface area contributed by atoms with Gasteiger partial charge in [0.15, 0.2) is 5.11 Å². The first-order chi connectivity index (χ1) is 13.2. The lowest BCUT2D eigenvalue weighted by atomic mass is 10.1. The Morgan fingerprint density at radius 2 is 1.37 bits per heavy atom. The molecule has 5 heteroatoms. The van der Waals surface area contributed by atoms with E-state index >= 15 is 0 Å². The molecule has 2 N–H and O–H groups in total. The van der Waals surface area contributed by atoms with Crippen LogP contribution in [0.5, 0.6) is 0 Å². The number of hydrogen-bond acceptors (Lipinski definition) is 2. The molecule has 0 saturated heterocycles. The van der Waals surface area contributed by atoms with Gasteiger partial charge in [-0.15, -0.1) is 0 Å². The maximum Gasteiger partial charge on any atom is 0.171 e. The Hall–Kier alpha value is -2.76. The second-order valence-electron chi connectivity index (χ2n) is 6.11. The average molecular weight is 380 g/mol. The van der Waals surface area contributed by atoms with E-state index in [1.54, 1.807) is 12.1 Å². The Balaban J connectivity index is 1.40. The van der Waals surface area contributed by atoms with Gasteiger partial charge in [-0.2, -0.15) is 0 Å². The Bertz CT molecular complexity index is 852. The zero-order valence-corrected chi connectivity index (χ0v) is 15.6. The van der Waals surface area contributed by atoms with Crippen molar-refractivity contribution in [2.24, 2.45) is 0 Å². The van der Waals surface area contributed by atoms with E-state index in [2.05, 4.69) is 47.0 Å². The summed E-state index contributed by atoms with van der Waals surface area (Å²) in [6.07, 6.45) is 0. The fourth-order valence-corrected chi connectivity index (χ4v) is 2.70. The van der Waals surface area contributed by atoms with Gasteiger partial charge in [0.2, 0.25) is 0 Å². The first kappa shape index (κ1) is 19.0. The molecule has 3 aromatic carbocycles. The fraction of sp³-hybridized carbons (Fsp3) is 0.136. The smallest absolute Gasteiger partial charge is 0.171 e. The Labute approximate surface area is 164 Å². The van der Waals surface area contributed by atoms with E-state index in [0.29, 0.717) is 24.9 Å². The number of anilines is 1. The van der Waals surface area contributed by atoms with E-state index in [0.717, 1.165) is 16.8 Å². The first-order valence-corrected chi connectivity index (χ1v) is 9.10. The van der Waals surface area contributed by atoms with Crippen molar-refractivity contribution in [3.63, 3.8) is 0 Å². The topological polar surface area (TPSA) is 33.3 Å². The highest BCUT2D eigenvalue weighted by Gasteiger charge is 2.00. The van der Waals surface area contributed by atoms with Gasteiger partial charge in [0.25, 0.3) is 0 Å². The second kappa shape index (κ2) is 9.80. The summed E-state index contributed by atoms with van der Waals surface area (Å²) in [5.41, 5.74) is 4.16. The second-order valence-corrected chi connectivity index (χ2v) is 6.52. The maximum absolute atomic E-state index is 12.9. The van der Waals surface area contributed by atoms with E-state index in [1.807, 2.05) is 18.2 Å². The highest BCUT2D eigenvalue weighted by molar-refractivity contribution is 7.80. The van der Waals surface area contributed by atoms with Crippen LogP contribution in [0.4, 0.5) is 10.1 Å². The molecule has 0 heterocycles. The molecule has 0 atom stereocenters. The van der Waals surface area contributed by atoms with E-state index in [9.17, 15) is 4.39 Å². The molecule has 0 radical (unpaired) electrons. The van der Waals surface area contributed by atoms with Crippen LogP contribution in [-0.2, 0) is 24.5 Å². The maximum atomic E-state index is 12.9. The van der Waals surface area contributed by atoms with Crippen LogP contribution in [0.2, 0.25) is 0 Å². The summed E-state index contributed by atoms with van der Waals surface area (Å²) < 4.78 is 18.7. The van der Waals surface area contributed by atoms with Gasteiger partial charge in [-0.3, -0.25) is 0 Å². The number of benzene rings is 3. The summed E-state index contributed by atoms with van der Waals surface area (Å²) in [7, 11) is 0. The van der Waals surface area contributed by atoms with Gasteiger partial charge in [0.1, 0.15) is 5.82 Å². The monoisotopic (exact) mass is 380 g/mol. The van der Waals surface area contributed by atoms with Crippen molar-refractivity contribution >= 4 is 23.0 Å². The van der Waals surface area contributed by atoms with Crippen molar-refractivity contribution in [2.75, 3.05) is 5.32 Å². The van der Waals surface area contributed by atoms with E-state index in [4.69, 9.17) is 17.0 Å². The van der Waals surface area contributed by atoms with Crippen molar-refractivity contribution in [2.45, 2.75) is 19.8 Å². The van der Waals surface area contributed by atoms with Crippen molar-refractivity contribution in [3.8, 4) is 0 Å². The molecule has 27 heavy (non-hydrogen) atoms. The third-order valence-electron chi connectivity index (χ3n) is 3.96. The van der Waals surface area contributed by atoms with Crippen molar-refractivity contribution in [1.29, 1.82) is 0 Å². The highest BCUT2D eigenvalue weighted by Crippen LogP contribution is 2.10. The lowest BCUT2D eigenvalue weighted by Gasteiger charge is -2.11. The van der Waals surface area contributed by atoms with E-state index in [-0.39, 0.29) is 5.82 Å². The average Bonchev–Trinajstić information content (AvgIpc) is 2.70. The Morgan fingerprint density at radius 3 is 2.04 bits per heavy atom. The van der Waals surface area contributed by atoms with Crippen LogP contribution in [0, 0.1) is 5.82 Å². The van der Waals surface area contributed by atoms with Gasteiger partial charge in [0.05, 0.1) is 13.2 Å². The van der Waals surface area contributed by atoms with Gasteiger partial charge in [0, 0.05) is 12.2 Å². The zero-order valence-electron chi connectivity index (χ0n) is 14.8. The quantitative estimate of drug-likeness (QED) is 0.563. The Morgan fingerprint density at radius 1 is 0.778 bits per heavy atom. The normalized spacial score (nSPS) is 10.4. The van der Waals surface area contributed by atoms with Crippen molar-refractivity contribution in [1.82, 2.24) is 5.32 Å². The standard InChI is InChI=1S/C22H21FN2OS/c23-20-10-12-21(13-11-20)25-22(27)24-14-17-6-8-19(9-7-17)16-26-15-18-4-2-1-3-5-18/h1-13H,14-16H2,(H2,24,25,27). The van der Waals surface area contributed by atoms with Crippen LogP contribution in [0.25, 0.3) is 0 Å². The number of halogens is 1. The molecule has 0 aliphatic heterocycles. The van der Waals surface area contributed by atoms with E-state index < -0.39 is 0 Å². The minimum Gasteiger partial charge on any atom is -0.372 e.